The van der Waals surface area contributed by atoms with E-state index in [1.165, 1.54) is 4.90 Å². The summed E-state index contributed by atoms with van der Waals surface area (Å²) < 4.78 is 13.5. The summed E-state index contributed by atoms with van der Waals surface area (Å²) in [5.41, 5.74) is 5.17. The summed E-state index contributed by atoms with van der Waals surface area (Å²) >= 11 is 0. The van der Waals surface area contributed by atoms with Crippen LogP contribution >= 0.6 is 0 Å². The number of rotatable bonds is 4. The first-order valence-electron chi connectivity index (χ1n) is 4.82. The van der Waals surface area contributed by atoms with Gasteiger partial charge >= 0.3 is 5.97 Å². The molecule has 0 fully saturated rings. The summed E-state index contributed by atoms with van der Waals surface area (Å²) in [7, 11) is 0. The van der Waals surface area contributed by atoms with Crippen LogP contribution in [0.25, 0.3) is 0 Å². The van der Waals surface area contributed by atoms with Gasteiger partial charge in [-0.2, -0.15) is 10.5 Å². The van der Waals surface area contributed by atoms with E-state index in [-0.39, 0.29) is 24.5 Å². The summed E-state index contributed by atoms with van der Waals surface area (Å²) in [6.45, 7) is -0.298. The predicted molar refractivity (Wildman–Crippen MR) is 61.2 cm³/mol. The van der Waals surface area contributed by atoms with Crippen molar-refractivity contribution in [2.75, 3.05) is 23.7 Å². The minimum Gasteiger partial charge on any atom is -0.478 e. The summed E-state index contributed by atoms with van der Waals surface area (Å²) in [6, 6.07) is 5.51. The Morgan fingerprint density at radius 1 is 1.39 bits per heavy atom. The second-order valence-corrected chi connectivity index (χ2v) is 3.37. The molecule has 0 unspecified atom stereocenters. The van der Waals surface area contributed by atoms with Crippen LogP contribution in [0, 0.1) is 28.5 Å². The molecule has 0 spiro atoms. The maximum atomic E-state index is 13.5. The third kappa shape index (κ3) is 2.66. The molecule has 0 atom stereocenters. The van der Waals surface area contributed by atoms with Crippen molar-refractivity contribution in [2.24, 2.45) is 0 Å². The van der Waals surface area contributed by atoms with Gasteiger partial charge in [-0.15, -0.1) is 0 Å². The van der Waals surface area contributed by atoms with Crippen LogP contribution < -0.4 is 10.6 Å². The number of anilines is 2. The fourth-order valence-corrected chi connectivity index (χ4v) is 1.41. The molecule has 1 aromatic carbocycles. The zero-order chi connectivity index (χ0) is 13.7. The van der Waals surface area contributed by atoms with Crippen LogP contribution in [0.1, 0.15) is 10.4 Å². The number of benzene rings is 1. The molecule has 0 amide bonds. The largest absolute Gasteiger partial charge is 0.478 e. The molecule has 7 heteroatoms. The lowest BCUT2D eigenvalue weighted by molar-refractivity contribution is 0.0692. The van der Waals surface area contributed by atoms with Gasteiger partial charge in [0.15, 0.2) is 0 Å². The zero-order valence-electron chi connectivity index (χ0n) is 9.22. The van der Waals surface area contributed by atoms with E-state index in [4.69, 9.17) is 21.4 Å². The molecule has 0 aromatic heterocycles. The highest BCUT2D eigenvalue weighted by molar-refractivity contribution is 5.91. The third-order valence-electron chi connectivity index (χ3n) is 2.21. The minimum absolute atomic E-state index is 0.000648. The SMILES string of the molecule is N#CCN(CC#N)c1cc(F)c(C(=O)O)cc1N. The lowest BCUT2D eigenvalue weighted by atomic mass is 10.1. The molecular formula is C11H9FN4O2. The van der Waals surface area contributed by atoms with E-state index in [1.54, 1.807) is 0 Å². The number of hydrogen-bond donors (Lipinski definition) is 2. The Morgan fingerprint density at radius 2 is 1.94 bits per heavy atom. The van der Waals surface area contributed by atoms with E-state index in [9.17, 15) is 9.18 Å². The summed E-state index contributed by atoms with van der Waals surface area (Å²) in [5, 5.41) is 25.9. The van der Waals surface area contributed by atoms with Crippen molar-refractivity contribution in [3.8, 4) is 12.1 Å². The smallest absolute Gasteiger partial charge is 0.338 e. The van der Waals surface area contributed by atoms with Gasteiger partial charge in [0.2, 0.25) is 0 Å². The first-order chi connectivity index (χ1) is 8.51. The van der Waals surface area contributed by atoms with Crippen LogP contribution in [0.15, 0.2) is 12.1 Å². The molecule has 92 valence electrons. The van der Waals surface area contributed by atoms with Gasteiger partial charge in [0, 0.05) is 6.07 Å². The van der Waals surface area contributed by atoms with Gasteiger partial charge in [-0.1, -0.05) is 0 Å². The Labute approximate surface area is 102 Å². The van der Waals surface area contributed by atoms with Crippen LogP contribution in [-0.2, 0) is 0 Å². The molecular weight excluding hydrogens is 239 g/mol. The number of carboxylic acids is 1. The number of nitrogens with zero attached hydrogens (tertiary/aromatic N) is 3. The lowest BCUT2D eigenvalue weighted by Gasteiger charge is -2.20. The fraction of sp³-hybridized carbons (Fsp3) is 0.182. The number of hydrogen-bond acceptors (Lipinski definition) is 5. The van der Waals surface area contributed by atoms with Gasteiger partial charge < -0.3 is 15.7 Å². The first kappa shape index (κ1) is 13.3. The second kappa shape index (κ2) is 5.51. The number of halogens is 1. The molecule has 0 heterocycles. The molecule has 0 saturated heterocycles. The highest BCUT2D eigenvalue weighted by Crippen LogP contribution is 2.26. The monoisotopic (exact) mass is 248 g/mol. The second-order valence-electron chi connectivity index (χ2n) is 3.37. The van der Waals surface area contributed by atoms with Crippen molar-refractivity contribution in [1.82, 2.24) is 0 Å². The topological polar surface area (TPSA) is 114 Å². The van der Waals surface area contributed by atoms with E-state index < -0.39 is 17.3 Å². The molecule has 0 aliphatic heterocycles. The average Bonchev–Trinajstić information content (AvgIpc) is 2.31. The van der Waals surface area contributed by atoms with Crippen LogP contribution in [0.5, 0.6) is 0 Å². The van der Waals surface area contributed by atoms with E-state index in [0.29, 0.717) is 0 Å². The van der Waals surface area contributed by atoms with Gasteiger partial charge in [0.1, 0.15) is 18.9 Å². The third-order valence-corrected chi connectivity index (χ3v) is 2.21. The normalized spacial score (nSPS) is 9.28. The predicted octanol–water partition coefficient (Wildman–Crippen LogP) is 0.960. The van der Waals surface area contributed by atoms with Crippen molar-refractivity contribution in [3.63, 3.8) is 0 Å². The number of aromatic carboxylic acids is 1. The van der Waals surface area contributed by atoms with Crippen LogP contribution in [-0.4, -0.2) is 24.2 Å². The number of nitriles is 2. The van der Waals surface area contributed by atoms with Crippen molar-refractivity contribution in [1.29, 1.82) is 10.5 Å². The maximum absolute atomic E-state index is 13.5. The van der Waals surface area contributed by atoms with E-state index >= 15 is 0 Å². The van der Waals surface area contributed by atoms with E-state index in [2.05, 4.69) is 0 Å². The van der Waals surface area contributed by atoms with Crippen molar-refractivity contribution in [2.45, 2.75) is 0 Å². The van der Waals surface area contributed by atoms with Crippen molar-refractivity contribution < 1.29 is 14.3 Å². The van der Waals surface area contributed by atoms with Gasteiger partial charge in [-0.3, -0.25) is 0 Å². The molecule has 1 aromatic rings. The standard InChI is InChI=1S/C11H9FN4O2/c12-8-6-10(16(3-1-13)4-2-14)9(15)5-7(8)11(17)18/h5-6H,3-4,15H2,(H,17,18). The molecule has 0 bridgehead atoms. The fourth-order valence-electron chi connectivity index (χ4n) is 1.41. The van der Waals surface area contributed by atoms with Crippen molar-refractivity contribution in [3.05, 3.63) is 23.5 Å². The van der Waals surface area contributed by atoms with E-state index in [0.717, 1.165) is 12.1 Å². The summed E-state index contributed by atoms with van der Waals surface area (Å²) in [4.78, 5) is 11.9. The van der Waals surface area contributed by atoms with Crippen LogP contribution in [0.4, 0.5) is 15.8 Å². The Balaban J connectivity index is 3.26. The number of nitrogen functional groups attached to an aromatic ring is 1. The Kier molecular flexibility index (Phi) is 4.06. The van der Waals surface area contributed by atoms with Crippen LogP contribution in [0.2, 0.25) is 0 Å². The summed E-state index contributed by atoms with van der Waals surface area (Å²) in [6.07, 6.45) is 0. The molecule has 6 nitrogen and oxygen atoms in total. The molecule has 0 aliphatic carbocycles. The van der Waals surface area contributed by atoms with Crippen LogP contribution in [0.3, 0.4) is 0 Å². The highest BCUT2D eigenvalue weighted by atomic mass is 19.1. The molecule has 18 heavy (non-hydrogen) atoms. The molecule has 0 radical (unpaired) electrons. The Hall–Kier alpha value is -2.80. The van der Waals surface area contributed by atoms with E-state index in [1.807, 2.05) is 12.1 Å². The number of carboxylic acid groups (broad SMARTS) is 1. The zero-order valence-corrected chi connectivity index (χ0v) is 9.22. The molecule has 3 N–H and O–H groups in total. The Bertz CT molecular complexity index is 543. The molecule has 0 saturated carbocycles. The molecule has 0 aliphatic rings. The average molecular weight is 248 g/mol. The molecule has 1 rings (SSSR count). The van der Waals surface area contributed by atoms with Gasteiger partial charge in [-0.05, 0) is 6.07 Å². The highest BCUT2D eigenvalue weighted by Gasteiger charge is 2.17. The van der Waals surface area contributed by atoms with Gasteiger partial charge in [0.25, 0.3) is 0 Å². The lowest BCUT2D eigenvalue weighted by Crippen LogP contribution is -2.25. The minimum atomic E-state index is -1.43. The number of carbonyl (C=O) groups is 1. The first-order valence-corrected chi connectivity index (χ1v) is 4.82. The van der Waals surface area contributed by atoms with Gasteiger partial charge in [-0.25, -0.2) is 9.18 Å². The Morgan fingerprint density at radius 3 is 2.39 bits per heavy atom. The number of nitrogens with two attached hydrogens (primary N) is 1. The van der Waals surface area contributed by atoms with Gasteiger partial charge in [0.05, 0.1) is 29.1 Å². The summed E-state index contributed by atoms with van der Waals surface area (Å²) in [5.74, 6) is -2.40. The van der Waals surface area contributed by atoms with Crippen molar-refractivity contribution >= 4 is 17.3 Å². The quantitative estimate of drug-likeness (QED) is 0.605. The maximum Gasteiger partial charge on any atom is 0.338 e.